The van der Waals surface area contributed by atoms with Crippen molar-refractivity contribution in [2.24, 2.45) is 7.05 Å². The highest BCUT2D eigenvalue weighted by Crippen LogP contribution is 2.33. The molecule has 6 nitrogen and oxygen atoms in total. The highest BCUT2D eigenvalue weighted by atomic mass is 16.7. The molecule has 0 bridgehead atoms. The SMILES string of the molecule is Cn1cnc2c1C[C@H](CO)N(Cc1ccc3c(c1)OCO3)C2. The second kappa shape index (κ2) is 5.30. The molecule has 0 saturated carbocycles. The molecule has 2 aliphatic rings. The fraction of sp³-hybridized carbons (Fsp3) is 0.438. The van der Waals surface area contributed by atoms with Crippen LogP contribution >= 0.6 is 0 Å². The quantitative estimate of drug-likeness (QED) is 0.919. The highest BCUT2D eigenvalue weighted by molar-refractivity contribution is 5.44. The third-order valence-electron chi connectivity index (χ3n) is 4.48. The molecule has 2 aliphatic heterocycles. The summed E-state index contributed by atoms with van der Waals surface area (Å²) in [6.07, 6.45) is 2.68. The maximum Gasteiger partial charge on any atom is 0.231 e. The molecule has 2 aromatic rings. The molecule has 6 heteroatoms. The summed E-state index contributed by atoms with van der Waals surface area (Å²) in [7, 11) is 2.01. The first-order valence-electron chi connectivity index (χ1n) is 7.47. The van der Waals surface area contributed by atoms with E-state index in [9.17, 15) is 5.11 Å². The van der Waals surface area contributed by atoms with Gasteiger partial charge in [-0.1, -0.05) is 6.07 Å². The van der Waals surface area contributed by atoms with Crippen molar-refractivity contribution in [2.75, 3.05) is 13.4 Å². The monoisotopic (exact) mass is 301 g/mol. The molecule has 0 saturated heterocycles. The number of rotatable bonds is 3. The first-order chi connectivity index (χ1) is 10.7. The second-order valence-corrected chi connectivity index (χ2v) is 5.88. The number of aliphatic hydroxyl groups is 1. The van der Waals surface area contributed by atoms with E-state index in [1.165, 1.54) is 5.69 Å². The van der Waals surface area contributed by atoms with Gasteiger partial charge in [0.1, 0.15) is 0 Å². The van der Waals surface area contributed by atoms with Crippen LogP contribution in [0.5, 0.6) is 11.5 Å². The average molecular weight is 301 g/mol. The lowest BCUT2D eigenvalue weighted by Crippen LogP contribution is -2.42. The zero-order chi connectivity index (χ0) is 15.1. The van der Waals surface area contributed by atoms with Crippen LogP contribution in [0.25, 0.3) is 0 Å². The van der Waals surface area contributed by atoms with E-state index in [4.69, 9.17) is 9.47 Å². The van der Waals surface area contributed by atoms with Crippen molar-refractivity contribution >= 4 is 0 Å². The molecule has 1 atom stereocenters. The van der Waals surface area contributed by atoms with Crippen LogP contribution in [-0.4, -0.2) is 39.0 Å². The summed E-state index contributed by atoms with van der Waals surface area (Å²) in [5.41, 5.74) is 3.48. The molecule has 0 spiro atoms. The van der Waals surface area contributed by atoms with Crippen molar-refractivity contribution in [3.8, 4) is 11.5 Å². The lowest BCUT2D eigenvalue weighted by Gasteiger charge is -2.34. The van der Waals surface area contributed by atoms with Crippen molar-refractivity contribution in [3.63, 3.8) is 0 Å². The van der Waals surface area contributed by atoms with Gasteiger partial charge in [-0.05, 0) is 17.7 Å². The first kappa shape index (κ1) is 13.6. The van der Waals surface area contributed by atoms with Gasteiger partial charge in [0.2, 0.25) is 6.79 Å². The van der Waals surface area contributed by atoms with Crippen LogP contribution in [0.2, 0.25) is 0 Å². The second-order valence-electron chi connectivity index (χ2n) is 5.88. The van der Waals surface area contributed by atoms with Crippen LogP contribution < -0.4 is 9.47 Å². The smallest absolute Gasteiger partial charge is 0.231 e. The number of hydrogen-bond acceptors (Lipinski definition) is 5. The van der Waals surface area contributed by atoms with Gasteiger partial charge in [-0.2, -0.15) is 0 Å². The lowest BCUT2D eigenvalue weighted by molar-refractivity contribution is 0.0967. The highest BCUT2D eigenvalue weighted by Gasteiger charge is 2.28. The summed E-state index contributed by atoms with van der Waals surface area (Å²) in [4.78, 5) is 6.74. The normalized spacial score (nSPS) is 20.2. The van der Waals surface area contributed by atoms with Gasteiger partial charge < -0.3 is 19.1 Å². The van der Waals surface area contributed by atoms with Gasteiger partial charge >= 0.3 is 0 Å². The van der Waals surface area contributed by atoms with Crippen LogP contribution in [-0.2, 0) is 26.6 Å². The van der Waals surface area contributed by atoms with Crippen molar-refractivity contribution in [3.05, 3.63) is 41.5 Å². The van der Waals surface area contributed by atoms with E-state index in [1.54, 1.807) is 0 Å². The van der Waals surface area contributed by atoms with E-state index >= 15 is 0 Å². The van der Waals surface area contributed by atoms with Gasteiger partial charge in [0.05, 0.1) is 18.6 Å². The predicted molar refractivity (Wildman–Crippen MR) is 79.6 cm³/mol. The van der Waals surface area contributed by atoms with Crippen LogP contribution in [0.3, 0.4) is 0 Å². The minimum atomic E-state index is 0.119. The number of hydrogen-bond donors (Lipinski definition) is 1. The molecule has 22 heavy (non-hydrogen) atoms. The summed E-state index contributed by atoms with van der Waals surface area (Å²) in [5.74, 6) is 1.60. The van der Waals surface area contributed by atoms with E-state index in [0.717, 1.165) is 42.3 Å². The number of aliphatic hydroxyl groups excluding tert-OH is 1. The number of aromatic nitrogens is 2. The number of aryl methyl sites for hydroxylation is 1. The van der Waals surface area contributed by atoms with E-state index < -0.39 is 0 Å². The molecule has 3 heterocycles. The van der Waals surface area contributed by atoms with Crippen LogP contribution in [0.1, 0.15) is 17.0 Å². The fourth-order valence-corrected chi connectivity index (χ4v) is 3.21. The van der Waals surface area contributed by atoms with Gasteiger partial charge in [0.15, 0.2) is 11.5 Å². The molecule has 0 unspecified atom stereocenters. The minimum absolute atomic E-state index is 0.119. The number of nitrogens with zero attached hydrogens (tertiary/aromatic N) is 3. The molecule has 0 fully saturated rings. The van der Waals surface area contributed by atoms with Gasteiger partial charge in [-0.15, -0.1) is 0 Å². The van der Waals surface area contributed by atoms with Gasteiger partial charge in [0.25, 0.3) is 0 Å². The Labute approximate surface area is 128 Å². The Bertz CT molecular complexity index is 698. The Kier molecular flexibility index (Phi) is 3.28. The van der Waals surface area contributed by atoms with E-state index in [1.807, 2.05) is 25.5 Å². The molecule has 1 aromatic heterocycles. The minimum Gasteiger partial charge on any atom is -0.454 e. The average Bonchev–Trinajstić information content (AvgIpc) is 3.13. The Balaban J connectivity index is 1.57. The molecule has 1 N–H and O–H groups in total. The van der Waals surface area contributed by atoms with Crippen molar-refractivity contribution in [1.29, 1.82) is 0 Å². The third-order valence-corrected chi connectivity index (χ3v) is 4.48. The van der Waals surface area contributed by atoms with Crippen molar-refractivity contribution in [2.45, 2.75) is 25.6 Å². The standard InChI is InChI=1S/C16H19N3O3/c1-18-9-17-13-7-19(12(8-20)5-14(13)18)6-11-2-3-15-16(4-11)22-10-21-15/h2-4,9,12,20H,5-8,10H2,1H3/t12-/m1/s1. The third kappa shape index (κ3) is 2.24. The fourth-order valence-electron chi connectivity index (χ4n) is 3.21. The van der Waals surface area contributed by atoms with E-state index in [-0.39, 0.29) is 12.6 Å². The Hall–Kier alpha value is -2.05. The van der Waals surface area contributed by atoms with Crippen LogP contribution in [0.4, 0.5) is 0 Å². The summed E-state index contributed by atoms with van der Waals surface area (Å²) in [5, 5.41) is 9.73. The van der Waals surface area contributed by atoms with Crippen LogP contribution in [0, 0.1) is 0 Å². The van der Waals surface area contributed by atoms with Gasteiger partial charge in [0, 0.05) is 38.3 Å². The Morgan fingerprint density at radius 2 is 2.18 bits per heavy atom. The lowest BCUT2D eigenvalue weighted by atomic mass is 10.0. The molecule has 4 rings (SSSR count). The molecule has 0 aliphatic carbocycles. The number of imidazole rings is 1. The predicted octanol–water partition coefficient (Wildman–Crippen LogP) is 1.07. The summed E-state index contributed by atoms with van der Waals surface area (Å²) < 4.78 is 12.8. The molecule has 0 amide bonds. The van der Waals surface area contributed by atoms with E-state index in [0.29, 0.717) is 6.79 Å². The Morgan fingerprint density at radius 1 is 1.32 bits per heavy atom. The maximum absolute atomic E-state index is 9.73. The Morgan fingerprint density at radius 3 is 3.05 bits per heavy atom. The number of benzene rings is 1. The number of fused-ring (bicyclic) bond motifs is 2. The van der Waals surface area contributed by atoms with Crippen molar-refractivity contribution in [1.82, 2.24) is 14.5 Å². The molecule has 116 valence electrons. The maximum atomic E-state index is 9.73. The molecule has 1 aromatic carbocycles. The summed E-state index contributed by atoms with van der Waals surface area (Å²) in [6, 6.07) is 6.14. The zero-order valence-corrected chi connectivity index (χ0v) is 12.5. The van der Waals surface area contributed by atoms with Crippen LogP contribution in [0.15, 0.2) is 24.5 Å². The number of ether oxygens (including phenoxy) is 2. The first-order valence-corrected chi connectivity index (χ1v) is 7.47. The summed E-state index contributed by atoms with van der Waals surface area (Å²) in [6.45, 7) is 1.96. The van der Waals surface area contributed by atoms with Crippen molar-refractivity contribution < 1.29 is 14.6 Å². The molecular formula is C16H19N3O3. The summed E-state index contributed by atoms with van der Waals surface area (Å²) >= 11 is 0. The molecule has 0 radical (unpaired) electrons. The van der Waals surface area contributed by atoms with Gasteiger partial charge in [-0.25, -0.2) is 4.98 Å². The topological polar surface area (TPSA) is 59.8 Å². The van der Waals surface area contributed by atoms with Gasteiger partial charge in [-0.3, -0.25) is 4.90 Å². The zero-order valence-electron chi connectivity index (χ0n) is 12.5. The largest absolute Gasteiger partial charge is 0.454 e. The molecular weight excluding hydrogens is 282 g/mol. The van der Waals surface area contributed by atoms with E-state index in [2.05, 4.69) is 20.5 Å².